The molecule has 3 aromatic carbocycles. The summed E-state index contributed by atoms with van der Waals surface area (Å²) in [6, 6.07) is 25.1. The molecule has 0 aliphatic heterocycles. The third-order valence-corrected chi connectivity index (χ3v) is 7.95. The van der Waals surface area contributed by atoms with Crippen LogP contribution >= 0.6 is 0 Å². The predicted octanol–water partition coefficient (Wildman–Crippen LogP) is 5.63. The van der Waals surface area contributed by atoms with Crippen molar-refractivity contribution >= 4 is 33.3 Å². The summed E-state index contributed by atoms with van der Waals surface area (Å²) in [4.78, 5) is 35.2. The normalized spacial score (nSPS) is 12.8. The SMILES string of the molecule is COC(CCCCC(=O)Nc1ccccc1S(=O)(=O)O)(Cc1ccccc1)C(C)=O.COC(Cc1ccccc1)C(C)=O.F. The summed E-state index contributed by atoms with van der Waals surface area (Å²) in [5.74, 6) is -0.369. The van der Waals surface area contributed by atoms with Crippen molar-refractivity contribution in [3.63, 3.8) is 0 Å². The van der Waals surface area contributed by atoms with Crippen LogP contribution in [0.15, 0.2) is 89.8 Å². The monoisotopic (exact) mass is 631 g/mol. The lowest BCUT2D eigenvalue weighted by molar-refractivity contribution is -0.139. The number of benzene rings is 3. The summed E-state index contributed by atoms with van der Waals surface area (Å²) in [5.41, 5.74) is 1.21. The van der Waals surface area contributed by atoms with Crippen molar-refractivity contribution in [2.45, 2.75) is 69.0 Å². The largest absolute Gasteiger partial charge is 0.373 e. The van der Waals surface area contributed by atoms with Crippen molar-refractivity contribution in [3.8, 4) is 0 Å². The molecule has 0 saturated carbocycles. The first-order valence-electron chi connectivity index (χ1n) is 14.0. The van der Waals surface area contributed by atoms with Crippen LogP contribution in [0.4, 0.5) is 10.4 Å². The number of amides is 1. The van der Waals surface area contributed by atoms with E-state index in [4.69, 9.17) is 9.47 Å². The molecule has 0 radical (unpaired) electrons. The molecule has 1 amide bonds. The Morgan fingerprint density at radius 2 is 1.39 bits per heavy atom. The number of rotatable bonds is 15. The molecule has 11 heteroatoms. The Morgan fingerprint density at radius 1 is 0.841 bits per heavy atom. The van der Waals surface area contributed by atoms with E-state index in [1.807, 2.05) is 60.7 Å². The Balaban J connectivity index is 0.000000579. The number of anilines is 1. The summed E-state index contributed by atoms with van der Waals surface area (Å²) in [6.07, 6.45) is 2.48. The van der Waals surface area contributed by atoms with Crippen LogP contribution < -0.4 is 5.32 Å². The summed E-state index contributed by atoms with van der Waals surface area (Å²) in [5, 5.41) is 2.52. The zero-order chi connectivity index (χ0) is 31.9. The molecule has 2 atom stereocenters. The Kier molecular flexibility index (Phi) is 16.3. The van der Waals surface area contributed by atoms with E-state index in [0.29, 0.717) is 32.1 Å². The molecule has 3 aromatic rings. The lowest BCUT2D eigenvalue weighted by Gasteiger charge is -2.30. The third kappa shape index (κ3) is 12.5. The molecule has 0 fully saturated rings. The van der Waals surface area contributed by atoms with Gasteiger partial charge >= 0.3 is 0 Å². The fraction of sp³-hybridized carbons (Fsp3) is 0.364. The fourth-order valence-corrected chi connectivity index (χ4v) is 5.20. The molecule has 0 heterocycles. The van der Waals surface area contributed by atoms with E-state index in [0.717, 1.165) is 11.1 Å². The van der Waals surface area contributed by atoms with Crippen LogP contribution in [0.2, 0.25) is 0 Å². The van der Waals surface area contributed by atoms with Crippen molar-refractivity contribution in [2.75, 3.05) is 19.5 Å². The van der Waals surface area contributed by atoms with E-state index < -0.39 is 15.7 Å². The molecule has 0 bridgehead atoms. The lowest BCUT2D eigenvalue weighted by atomic mass is 9.85. The molecular formula is C33H42FNO8S. The second kappa shape index (κ2) is 18.8. The van der Waals surface area contributed by atoms with Gasteiger partial charge in [0.15, 0.2) is 11.6 Å². The van der Waals surface area contributed by atoms with Gasteiger partial charge in [-0.2, -0.15) is 8.42 Å². The Labute approximate surface area is 259 Å². The van der Waals surface area contributed by atoms with E-state index in [1.165, 1.54) is 32.2 Å². The van der Waals surface area contributed by atoms with Gasteiger partial charge < -0.3 is 14.8 Å². The van der Waals surface area contributed by atoms with E-state index >= 15 is 0 Å². The number of ketones is 2. The molecule has 0 spiro atoms. The molecular weight excluding hydrogens is 589 g/mol. The quantitative estimate of drug-likeness (QED) is 0.163. The van der Waals surface area contributed by atoms with Crippen LogP contribution in [-0.2, 0) is 46.8 Å². The third-order valence-electron chi connectivity index (χ3n) is 7.04. The molecule has 240 valence electrons. The standard InChI is InChI=1S/C22H27NO6S.C11H14O2.FH/c1-17(24)22(29-2,16-18-10-4-3-5-11-18)15-9-8-14-21(25)23-19-12-6-7-13-20(19)30(26,27)28;1-9(12)11(13-2)8-10-6-4-3-5-7-10;/h3-7,10-13H,8-9,14-16H2,1-2H3,(H,23,25)(H,26,27,28);3-7,11H,8H2,1-2H3;1H. The molecule has 0 aliphatic carbocycles. The van der Waals surface area contributed by atoms with E-state index in [1.54, 1.807) is 20.1 Å². The van der Waals surface area contributed by atoms with Gasteiger partial charge in [0.2, 0.25) is 5.91 Å². The average molecular weight is 632 g/mol. The number of methoxy groups -OCH3 is 2. The maximum Gasteiger partial charge on any atom is 0.296 e. The van der Waals surface area contributed by atoms with Crippen molar-refractivity contribution in [1.82, 2.24) is 0 Å². The average Bonchev–Trinajstić information content (AvgIpc) is 2.98. The van der Waals surface area contributed by atoms with E-state index in [9.17, 15) is 27.4 Å². The first-order chi connectivity index (χ1) is 20.4. The highest BCUT2D eigenvalue weighted by Gasteiger charge is 2.35. The summed E-state index contributed by atoms with van der Waals surface area (Å²) in [6.45, 7) is 3.06. The van der Waals surface area contributed by atoms with Crippen LogP contribution in [-0.4, -0.2) is 56.4 Å². The first-order valence-corrected chi connectivity index (χ1v) is 15.4. The molecule has 0 saturated heterocycles. The molecule has 9 nitrogen and oxygen atoms in total. The van der Waals surface area contributed by atoms with Crippen molar-refractivity contribution in [1.29, 1.82) is 0 Å². The minimum Gasteiger partial charge on any atom is -0.373 e. The number of Topliss-reactive ketones (excluding diaryl/α,β-unsaturated/α-hetero) is 2. The van der Waals surface area contributed by atoms with Gasteiger partial charge in [-0.3, -0.25) is 23.6 Å². The van der Waals surface area contributed by atoms with E-state index in [-0.39, 0.29) is 45.3 Å². The summed E-state index contributed by atoms with van der Waals surface area (Å²) < 4.78 is 42.8. The maximum absolute atomic E-state index is 12.3. The van der Waals surface area contributed by atoms with Crippen molar-refractivity contribution in [3.05, 3.63) is 96.1 Å². The highest BCUT2D eigenvalue weighted by atomic mass is 32.2. The van der Waals surface area contributed by atoms with Crippen LogP contribution in [0, 0.1) is 0 Å². The number of hydrogen-bond donors (Lipinski definition) is 2. The van der Waals surface area contributed by atoms with E-state index in [2.05, 4.69) is 5.32 Å². The number of para-hydroxylation sites is 1. The molecule has 2 unspecified atom stereocenters. The van der Waals surface area contributed by atoms with Gasteiger partial charge in [0, 0.05) is 33.5 Å². The Hall–Kier alpha value is -3.77. The summed E-state index contributed by atoms with van der Waals surface area (Å²) >= 11 is 0. The van der Waals surface area contributed by atoms with Gasteiger partial charge in [-0.1, -0.05) is 72.8 Å². The second-order valence-corrected chi connectivity index (χ2v) is 11.6. The fourth-order valence-electron chi connectivity index (χ4n) is 4.56. The maximum atomic E-state index is 12.3. The number of nitrogens with one attached hydrogen (secondary N) is 1. The van der Waals surface area contributed by atoms with Crippen molar-refractivity contribution < 1.29 is 41.5 Å². The Bertz CT molecular complexity index is 1430. The number of unbranched alkanes of at least 4 members (excludes halogenated alkanes) is 1. The second-order valence-electron chi connectivity index (χ2n) is 10.2. The summed E-state index contributed by atoms with van der Waals surface area (Å²) in [7, 11) is -1.35. The van der Waals surface area contributed by atoms with Gasteiger partial charge in [-0.05, 0) is 56.4 Å². The molecule has 3 rings (SSSR count). The minimum absolute atomic E-state index is 0. The van der Waals surface area contributed by atoms with Gasteiger partial charge in [-0.25, -0.2) is 0 Å². The number of ether oxygens (including phenoxy) is 2. The van der Waals surface area contributed by atoms with Gasteiger partial charge in [-0.15, -0.1) is 0 Å². The van der Waals surface area contributed by atoms with Crippen LogP contribution in [0.1, 0.15) is 50.7 Å². The molecule has 44 heavy (non-hydrogen) atoms. The Morgan fingerprint density at radius 3 is 1.89 bits per heavy atom. The van der Waals surface area contributed by atoms with Gasteiger partial charge in [0.1, 0.15) is 16.6 Å². The highest BCUT2D eigenvalue weighted by molar-refractivity contribution is 7.86. The topological polar surface area (TPSA) is 136 Å². The number of halogens is 1. The predicted molar refractivity (Wildman–Crippen MR) is 168 cm³/mol. The zero-order valence-corrected chi connectivity index (χ0v) is 26.3. The van der Waals surface area contributed by atoms with Crippen LogP contribution in [0.25, 0.3) is 0 Å². The van der Waals surface area contributed by atoms with Crippen LogP contribution in [0.5, 0.6) is 0 Å². The molecule has 2 N–H and O–H groups in total. The minimum atomic E-state index is -4.44. The smallest absolute Gasteiger partial charge is 0.296 e. The molecule has 0 aliphatic rings. The van der Waals surface area contributed by atoms with Crippen LogP contribution in [0.3, 0.4) is 0 Å². The highest BCUT2D eigenvalue weighted by Crippen LogP contribution is 2.26. The van der Waals surface area contributed by atoms with Crippen molar-refractivity contribution in [2.24, 2.45) is 0 Å². The van der Waals surface area contributed by atoms with Gasteiger partial charge in [0.05, 0.1) is 5.69 Å². The molecule has 0 aromatic heterocycles. The number of carbonyl (C=O) groups excluding carboxylic acids is 3. The first kappa shape index (κ1) is 38.3. The van der Waals surface area contributed by atoms with Gasteiger partial charge in [0.25, 0.3) is 10.1 Å². The lowest BCUT2D eigenvalue weighted by Crippen LogP contribution is -2.41. The zero-order valence-electron chi connectivity index (χ0n) is 25.5. The number of carbonyl (C=O) groups is 3. The number of hydrogen-bond acceptors (Lipinski definition) is 7.